The van der Waals surface area contributed by atoms with Crippen LogP contribution in [0.3, 0.4) is 0 Å². The summed E-state index contributed by atoms with van der Waals surface area (Å²) < 4.78 is 10.8. The number of ether oxygens (including phenoxy) is 2. The van der Waals surface area contributed by atoms with Crippen LogP contribution in [0.4, 0.5) is 5.69 Å². The largest absolute Gasteiger partial charge is 0.488 e. The Morgan fingerprint density at radius 2 is 2.07 bits per heavy atom. The second-order valence-electron chi connectivity index (χ2n) is 6.18. The van der Waals surface area contributed by atoms with Gasteiger partial charge in [-0.2, -0.15) is 5.26 Å². The summed E-state index contributed by atoms with van der Waals surface area (Å²) in [6.07, 6.45) is 0. The predicted octanol–water partition coefficient (Wildman–Crippen LogP) is 4.63. The van der Waals surface area contributed by atoms with E-state index >= 15 is 0 Å². The van der Waals surface area contributed by atoms with E-state index in [1.807, 2.05) is 30.3 Å². The van der Waals surface area contributed by atoms with Crippen molar-refractivity contribution in [1.82, 2.24) is 0 Å². The third-order valence-corrected chi connectivity index (χ3v) is 5.74. The fraction of sp³-hybridized carbons (Fsp3) is 0.0952. The second-order valence-corrected chi connectivity index (χ2v) is 7.64. The first-order valence-corrected chi connectivity index (χ1v) is 9.76. The molecular formula is C21H13ClN2O4S. The van der Waals surface area contributed by atoms with Gasteiger partial charge in [0.2, 0.25) is 0 Å². The number of fused-ring (bicyclic) bond motifs is 3. The molecule has 0 spiro atoms. The molecule has 0 unspecified atom stereocenters. The van der Waals surface area contributed by atoms with Crippen LogP contribution < -0.4 is 10.1 Å². The molecule has 1 aliphatic rings. The average Bonchev–Trinajstić information content (AvgIpc) is 3.17. The van der Waals surface area contributed by atoms with E-state index in [1.165, 1.54) is 23.5 Å². The van der Waals surface area contributed by atoms with E-state index in [-0.39, 0.29) is 5.02 Å². The van der Waals surface area contributed by atoms with Crippen molar-refractivity contribution >= 4 is 40.5 Å². The number of para-hydroxylation sites is 1. The van der Waals surface area contributed by atoms with Crippen LogP contribution in [-0.2, 0) is 16.1 Å². The predicted molar refractivity (Wildman–Crippen MR) is 109 cm³/mol. The maximum atomic E-state index is 12.4. The molecule has 6 nitrogen and oxygen atoms in total. The summed E-state index contributed by atoms with van der Waals surface area (Å²) in [7, 11) is 0. The Labute approximate surface area is 175 Å². The standard InChI is InChI=1S/C21H13ClN2O4S/c22-16-8-14(6-5-12(16)9-23)24-19(25)11-28-21(26)18-7-13-10-27-17-4-2-1-3-15(17)20(13)29-18/h1-8H,10-11H2,(H,24,25). The third kappa shape index (κ3) is 3.94. The van der Waals surface area contributed by atoms with Gasteiger partial charge in [-0.1, -0.05) is 23.7 Å². The Morgan fingerprint density at radius 1 is 1.24 bits per heavy atom. The van der Waals surface area contributed by atoms with Gasteiger partial charge in [-0.15, -0.1) is 11.3 Å². The van der Waals surface area contributed by atoms with E-state index in [4.69, 9.17) is 26.3 Å². The molecule has 0 atom stereocenters. The van der Waals surface area contributed by atoms with Gasteiger partial charge in [0.1, 0.15) is 23.3 Å². The van der Waals surface area contributed by atoms with E-state index < -0.39 is 18.5 Å². The fourth-order valence-electron chi connectivity index (χ4n) is 2.88. The molecule has 0 aliphatic carbocycles. The van der Waals surface area contributed by atoms with Gasteiger partial charge in [0.05, 0.1) is 10.6 Å². The molecule has 2 heterocycles. The number of carbonyl (C=O) groups is 2. The quantitative estimate of drug-likeness (QED) is 0.617. The molecule has 29 heavy (non-hydrogen) atoms. The SMILES string of the molecule is N#Cc1ccc(NC(=O)COC(=O)c2cc3c(s2)-c2ccccc2OC3)cc1Cl. The van der Waals surface area contributed by atoms with Crippen molar-refractivity contribution in [2.24, 2.45) is 0 Å². The number of anilines is 1. The zero-order valence-corrected chi connectivity index (χ0v) is 16.5. The highest BCUT2D eigenvalue weighted by atomic mass is 35.5. The normalized spacial score (nSPS) is 11.4. The number of amides is 1. The second kappa shape index (κ2) is 7.95. The van der Waals surface area contributed by atoms with Crippen LogP contribution >= 0.6 is 22.9 Å². The molecule has 4 rings (SSSR count). The number of hydrogen-bond acceptors (Lipinski definition) is 6. The number of esters is 1. The minimum atomic E-state index is -0.574. The third-order valence-electron chi connectivity index (χ3n) is 4.23. The Bertz CT molecular complexity index is 1170. The van der Waals surface area contributed by atoms with Crippen LogP contribution in [0.25, 0.3) is 10.4 Å². The van der Waals surface area contributed by atoms with Crippen molar-refractivity contribution in [1.29, 1.82) is 5.26 Å². The Balaban J connectivity index is 1.40. The Kier molecular flexibility index (Phi) is 5.21. The van der Waals surface area contributed by atoms with Gasteiger partial charge < -0.3 is 14.8 Å². The first-order valence-electron chi connectivity index (χ1n) is 8.56. The molecule has 1 aliphatic heterocycles. The van der Waals surface area contributed by atoms with E-state index in [0.29, 0.717) is 22.7 Å². The zero-order valence-electron chi connectivity index (χ0n) is 14.9. The van der Waals surface area contributed by atoms with Gasteiger partial charge >= 0.3 is 5.97 Å². The van der Waals surface area contributed by atoms with Gasteiger partial charge in [0.25, 0.3) is 5.91 Å². The molecule has 0 bridgehead atoms. The van der Waals surface area contributed by atoms with Crippen LogP contribution in [0.15, 0.2) is 48.5 Å². The molecule has 0 radical (unpaired) electrons. The van der Waals surface area contributed by atoms with Gasteiger partial charge in [-0.25, -0.2) is 4.79 Å². The molecule has 144 valence electrons. The number of carbonyl (C=O) groups excluding carboxylic acids is 2. The molecule has 1 aromatic heterocycles. The lowest BCUT2D eigenvalue weighted by Crippen LogP contribution is -2.20. The lowest BCUT2D eigenvalue weighted by Gasteiger charge is -2.16. The molecular weight excluding hydrogens is 412 g/mol. The highest BCUT2D eigenvalue weighted by Gasteiger charge is 2.23. The molecule has 3 aromatic rings. The Morgan fingerprint density at radius 3 is 2.86 bits per heavy atom. The van der Waals surface area contributed by atoms with Gasteiger partial charge in [-0.05, 0) is 36.4 Å². The molecule has 1 N–H and O–H groups in total. The number of nitrogens with one attached hydrogen (secondary N) is 1. The summed E-state index contributed by atoms with van der Waals surface area (Å²) in [5, 5.41) is 11.7. The van der Waals surface area contributed by atoms with Crippen LogP contribution in [0.2, 0.25) is 5.02 Å². The molecule has 0 saturated carbocycles. The van der Waals surface area contributed by atoms with Crippen molar-refractivity contribution in [2.75, 3.05) is 11.9 Å². The van der Waals surface area contributed by atoms with Gasteiger partial charge in [0, 0.05) is 21.7 Å². The van der Waals surface area contributed by atoms with Crippen molar-refractivity contribution in [3.63, 3.8) is 0 Å². The van der Waals surface area contributed by atoms with E-state index in [0.717, 1.165) is 21.8 Å². The average molecular weight is 425 g/mol. The molecule has 0 saturated heterocycles. The highest BCUT2D eigenvalue weighted by Crippen LogP contribution is 2.42. The van der Waals surface area contributed by atoms with Crippen LogP contribution in [0, 0.1) is 11.3 Å². The maximum absolute atomic E-state index is 12.4. The minimum Gasteiger partial charge on any atom is -0.488 e. The Hall–Kier alpha value is -3.34. The number of nitriles is 1. The topological polar surface area (TPSA) is 88.4 Å². The highest BCUT2D eigenvalue weighted by molar-refractivity contribution is 7.17. The number of hydrogen-bond donors (Lipinski definition) is 1. The van der Waals surface area contributed by atoms with E-state index in [9.17, 15) is 9.59 Å². The van der Waals surface area contributed by atoms with Crippen molar-refractivity contribution in [3.05, 3.63) is 69.6 Å². The zero-order chi connectivity index (χ0) is 20.4. The minimum absolute atomic E-state index is 0.231. The van der Waals surface area contributed by atoms with Crippen LogP contribution in [-0.4, -0.2) is 18.5 Å². The summed E-state index contributed by atoms with van der Waals surface area (Å²) >= 11 is 7.25. The number of halogens is 1. The number of benzene rings is 2. The lowest BCUT2D eigenvalue weighted by atomic mass is 10.1. The maximum Gasteiger partial charge on any atom is 0.348 e. The first kappa shape index (κ1) is 19.0. The lowest BCUT2D eigenvalue weighted by molar-refractivity contribution is -0.119. The molecule has 1 amide bonds. The summed E-state index contributed by atoms with van der Waals surface area (Å²) in [5.74, 6) is -0.300. The van der Waals surface area contributed by atoms with Crippen LogP contribution in [0.5, 0.6) is 5.75 Å². The fourth-order valence-corrected chi connectivity index (χ4v) is 4.20. The number of rotatable bonds is 4. The molecule has 8 heteroatoms. The van der Waals surface area contributed by atoms with E-state index in [1.54, 1.807) is 12.1 Å². The van der Waals surface area contributed by atoms with Crippen LogP contribution in [0.1, 0.15) is 20.8 Å². The number of nitrogens with zero attached hydrogens (tertiary/aromatic N) is 1. The van der Waals surface area contributed by atoms with Gasteiger partial charge in [-0.3, -0.25) is 4.79 Å². The van der Waals surface area contributed by atoms with Crippen molar-refractivity contribution < 1.29 is 19.1 Å². The van der Waals surface area contributed by atoms with Crippen molar-refractivity contribution in [3.8, 4) is 22.3 Å². The summed E-state index contributed by atoms with van der Waals surface area (Å²) in [6, 6.07) is 15.8. The summed E-state index contributed by atoms with van der Waals surface area (Å²) in [6.45, 7) is -0.0534. The van der Waals surface area contributed by atoms with Crippen molar-refractivity contribution in [2.45, 2.75) is 6.61 Å². The first-order chi connectivity index (χ1) is 14.0. The number of thiophene rings is 1. The molecule has 0 fully saturated rings. The summed E-state index contributed by atoms with van der Waals surface area (Å²) in [5.41, 5.74) is 2.57. The molecule has 2 aromatic carbocycles. The smallest absolute Gasteiger partial charge is 0.348 e. The monoisotopic (exact) mass is 424 g/mol. The van der Waals surface area contributed by atoms with E-state index in [2.05, 4.69) is 5.32 Å². The summed E-state index contributed by atoms with van der Waals surface area (Å²) in [4.78, 5) is 25.8. The van der Waals surface area contributed by atoms with Gasteiger partial charge in [0.15, 0.2) is 6.61 Å².